The minimum atomic E-state index is 0.545. The van der Waals surface area contributed by atoms with Gasteiger partial charge in [-0.25, -0.2) is 0 Å². The average Bonchev–Trinajstić information content (AvgIpc) is 2.17. The molecule has 0 amide bonds. The smallest absolute Gasteiger partial charge is 0.0866 e. The lowest BCUT2D eigenvalue weighted by molar-refractivity contribution is 0.143. The van der Waals surface area contributed by atoms with E-state index in [1.54, 1.807) is 0 Å². The average molecular weight is 140 g/mol. The fraction of sp³-hybridized carbons (Fsp3) is 0.857. The second-order valence-corrected chi connectivity index (χ2v) is 2.40. The van der Waals surface area contributed by atoms with Crippen LogP contribution in [0.5, 0.6) is 0 Å². The summed E-state index contributed by atoms with van der Waals surface area (Å²) in [5, 5.41) is 8.38. The summed E-state index contributed by atoms with van der Waals surface area (Å²) in [6.07, 6.45) is 1.06. The van der Waals surface area contributed by atoms with E-state index < -0.39 is 0 Å². The lowest BCUT2D eigenvalue weighted by Crippen LogP contribution is -2.26. The minimum Gasteiger partial charge on any atom is -0.380 e. The molecule has 0 atom stereocenters. The van der Waals surface area contributed by atoms with Crippen LogP contribution in [-0.2, 0) is 4.74 Å². The number of hydrogen-bond donors (Lipinski definition) is 0. The van der Waals surface area contributed by atoms with Crippen LogP contribution in [0.3, 0.4) is 0 Å². The number of nitriles is 1. The van der Waals surface area contributed by atoms with Gasteiger partial charge in [-0.05, 0) is 6.42 Å². The zero-order valence-corrected chi connectivity index (χ0v) is 6.05. The van der Waals surface area contributed by atoms with Crippen molar-refractivity contribution in [2.24, 2.45) is 0 Å². The standard InChI is InChI=1S/C7H12N2O/c8-2-4-9-3-1-6-10-7-5-9/h1,3-7H2. The second-order valence-electron chi connectivity index (χ2n) is 2.40. The maximum atomic E-state index is 8.38. The first-order valence-corrected chi connectivity index (χ1v) is 3.60. The van der Waals surface area contributed by atoms with Gasteiger partial charge < -0.3 is 4.74 Å². The quantitative estimate of drug-likeness (QED) is 0.489. The topological polar surface area (TPSA) is 36.3 Å². The Balaban J connectivity index is 2.23. The van der Waals surface area contributed by atoms with Crippen LogP contribution < -0.4 is 0 Å². The van der Waals surface area contributed by atoms with Crippen molar-refractivity contribution < 1.29 is 4.74 Å². The van der Waals surface area contributed by atoms with Gasteiger partial charge in [0.1, 0.15) is 0 Å². The van der Waals surface area contributed by atoms with Crippen LogP contribution in [0.15, 0.2) is 0 Å². The van der Waals surface area contributed by atoms with Gasteiger partial charge in [0.05, 0.1) is 19.2 Å². The summed E-state index contributed by atoms with van der Waals surface area (Å²) in [5.41, 5.74) is 0. The van der Waals surface area contributed by atoms with Crippen LogP contribution in [0, 0.1) is 11.3 Å². The predicted octanol–water partition coefficient (Wildman–Crippen LogP) is 0.232. The molecule has 1 fully saturated rings. The highest BCUT2D eigenvalue weighted by Crippen LogP contribution is 1.96. The molecule has 1 rings (SSSR count). The highest BCUT2D eigenvalue weighted by atomic mass is 16.5. The van der Waals surface area contributed by atoms with Crippen molar-refractivity contribution in [3.63, 3.8) is 0 Å². The van der Waals surface area contributed by atoms with E-state index in [1.165, 1.54) is 0 Å². The Morgan fingerprint density at radius 3 is 3.10 bits per heavy atom. The molecule has 1 heterocycles. The molecule has 0 aromatic heterocycles. The second kappa shape index (κ2) is 4.26. The molecule has 0 unspecified atom stereocenters. The van der Waals surface area contributed by atoms with E-state index in [0.717, 1.165) is 32.7 Å². The number of rotatable bonds is 1. The summed E-state index contributed by atoms with van der Waals surface area (Å²) < 4.78 is 5.22. The van der Waals surface area contributed by atoms with Gasteiger partial charge in [0.2, 0.25) is 0 Å². The van der Waals surface area contributed by atoms with E-state index in [4.69, 9.17) is 10.00 Å². The molecule has 1 aliphatic rings. The zero-order valence-electron chi connectivity index (χ0n) is 6.05. The van der Waals surface area contributed by atoms with Crippen molar-refractivity contribution in [1.82, 2.24) is 4.90 Å². The maximum absolute atomic E-state index is 8.38. The Bertz CT molecular complexity index is 122. The molecule has 10 heavy (non-hydrogen) atoms. The highest BCUT2D eigenvalue weighted by molar-refractivity contribution is 4.76. The number of ether oxygens (including phenoxy) is 1. The van der Waals surface area contributed by atoms with E-state index in [2.05, 4.69) is 11.0 Å². The van der Waals surface area contributed by atoms with Crippen molar-refractivity contribution in [3.8, 4) is 6.07 Å². The molecule has 0 N–H and O–H groups in total. The summed E-state index contributed by atoms with van der Waals surface area (Å²) in [6, 6.07) is 2.14. The van der Waals surface area contributed by atoms with Gasteiger partial charge in [-0.15, -0.1) is 0 Å². The summed E-state index contributed by atoms with van der Waals surface area (Å²) >= 11 is 0. The first kappa shape index (κ1) is 7.52. The third-order valence-electron chi connectivity index (χ3n) is 1.61. The Labute approximate surface area is 61.2 Å². The van der Waals surface area contributed by atoms with E-state index in [9.17, 15) is 0 Å². The van der Waals surface area contributed by atoms with Crippen LogP contribution in [-0.4, -0.2) is 37.7 Å². The monoisotopic (exact) mass is 140 g/mol. The van der Waals surface area contributed by atoms with Gasteiger partial charge >= 0.3 is 0 Å². The molecule has 0 bridgehead atoms. The third kappa shape index (κ3) is 2.34. The summed E-state index contributed by atoms with van der Waals surface area (Å²) in [7, 11) is 0. The predicted molar refractivity (Wildman–Crippen MR) is 37.5 cm³/mol. The summed E-state index contributed by atoms with van der Waals surface area (Å²) in [5.74, 6) is 0. The first-order chi connectivity index (χ1) is 4.93. The first-order valence-electron chi connectivity index (χ1n) is 3.60. The highest BCUT2D eigenvalue weighted by Gasteiger charge is 2.06. The van der Waals surface area contributed by atoms with Gasteiger partial charge in [-0.2, -0.15) is 5.26 Å². The molecule has 0 aliphatic carbocycles. The molecule has 0 saturated carbocycles. The Morgan fingerprint density at radius 1 is 1.40 bits per heavy atom. The molecule has 3 heteroatoms. The van der Waals surface area contributed by atoms with Crippen molar-refractivity contribution in [1.29, 1.82) is 5.26 Å². The zero-order chi connectivity index (χ0) is 7.23. The molecular weight excluding hydrogens is 128 g/mol. The van der Waals surface area contributed by atoms with Gasteiger partial charge in [0.25, 0.3) is 0 Å². The molecule has 56 valence electrons. The lowest BCUT2D eigenvalue weighted by atomic mass is 10.4. The van der Waals surface area contributed by atoms with E-state index in [0.29, 0.717) is 6.54 Å². The number of nitrogens with zero attached hydrogens (tertiary/aromatic N) is 2. The van der Waals surface area contributed by atoms with Crippen molar-refractivity contribution in [2.45, 2.75) is 6.42 Å². The van der Waals surface area contributed by atoms with Gasteiger partial charge in [0.15, 0.2) is 0 Å². The molecule has 0 aromatic rings. The summed E-state index contributed by atoms with van der Waals surface area (Å²) in [6.45, 7) is 4.09. The van der Waals surface area contributed by atoms with E-state index >= 15 is 0 Å². The van der Waals surface area contributed by atoms with Gasteiger partial charge in [-0.1, -0.05) is 0 Å². The SMILES string of the molecule is N#CCN1CCCOCC1. The van der Waals surface area contributed by atoms with Crippen LogP contribution in [0.2, 0.25) is 0 Å². The molecule has 0 radical (unpaired) electrons. The largest absolute Gasteiger partial charge is 0.380 e. The normalized spacial score (nSPS) is 21.5. The van der Waals surface area contributed by atoms with Gasteiger partial charge in [-0.3, -0.25) is 4.90 Å². The van der Waals surface area contributed by atoms with Crippen LogP contribution in [0.25, 0.3) is 0 Å². The molecule has 3 nitrogen and oxygen atoms in total. The Hall–Kier alpha value is -0.590. The molecule has 0 spiro atoms. The molecule has 0 aromatic carbocycles. The van der Waals surface area contributed by atoms with E-state index in [-0.39, 0.29) is 0 Å². The number of hydrogen-bond acceptors (Lipinski definition) is 3. The fourth-order valence-corrected chi connectivity index (χ4v) is 1.06. The molecular formula is C7H12N2O. The van der Waals surface area contributed by atoms with Crippen molar-refractivity contribution in [2.75, 3.05) is 32.8 Å². The molecule has 1 aliphatic heterocycles. The van der Waals surface area contributed by atoms with Crippen LogP contribution in [0.1, 0.15) is 6.42 Å². The van der Waals surface area contributed by atoms with Crippen LogP contribution in [0.4, 0.5) is 0 Å². The minimum absolute atomic E-state index is 0.545. The van der Waals surface area contributed by atoms with Crippen molar-refractivity contribution in [3.05, 3.63) is 0 Å². The Kier molecular flexibility index (Phi) is 3.20. The molecule has 1 saturated heterocycles. The Morgan fingerprint density at radius 2 is 2.30 bits per heavy atom. The van der Waals surface area contributed by atoms with Crippen molar-refractivity contribution >= 4 is 0 Å². The third-order valence-corrected chi connectivity index (χ3v) is 1.61. The lowest BCUT2D eigenvalue weighted by Gasteiger charge is -2.13. The van der Waals surface area contributed by atoms with Gasteiger partial charge in [0, 0.05) is 19.7 Å². The van der Waals surface area contributed by atoms with E-state index in [1.807, 2.05) is 0 Å². The summed E-state index contributed by atoms with van der Waals surface area (Å²) in [4.78, 5) is 2.12. The maximum Gasteiger partial charge on any atom is 0.0866 e. The van der Waals surface area contributed by atoms with Crippen LogP contribution >= 0.6 is 0 Å². The fourth-order valence-electron chi connectivity index (χ4n) is 1.06.